The first-order valence-electron chi connectivity index (χ1n) is 9.53. The molecular weight excluding hydrogens is 317 g/mol. The minimum absolute atomic E-state index is 0.000812. The molecule has 0 saturated heterocycles. The number of nitrogens with one attached hydrogen (secondary N) is 1. The van der Waals surface area contributed by atoms with Crippen LogP contribution in [0, 0.1) is 5.92 Å². The van der Waals surface area contributed by atoms with Crippen molar-refractivity contribution >= 4 is 11.6 Å². The summed E-state index contributed by atoms with van der Waals surface area (Å²) in [6.45, 7) is 13.2. The maximum absolute atomic E-state index is 13.4. The van der Waals surface area contributed by atoms with Gasteiger partial charge in [-0.3, -0.25) is 9.59 Å². The second kappa shape index (κ2) is 12.0. The smallest absolute Gasteiger partial charge is 0.160 e. The van der Waals surface area contributed by atoms with Gasteiger partial charge in [-0.05, 0) is 58.4 Å². The molecule has 0 aromatic heterocycles. The van der Waals surface area contributed by atoms with E-state index in [1.807, 2.05) is 34.6 Å². The fourth-order valence-corrected chi connectivity index (χ4v) is 2.77. The van der Waals surface area contributed by atoms with Crippen LogP contribution >= 0.6 is 0 Å². The fourth-order valence-electron chi connectivity index (χ4n) is 2.77. The summed E-state index contributed by atoms with van der Waals surface area (Å²) in [5.74, 6) is 0.167. The first-order chi connectivity index (χ1) is 11.7. The normalized spacial score (nSPS) is 15.8. The molecule has 1 N–H and O–H groups in total. The molecule has 0 aliphatic carbocycles. The Hall–Kier alpha value is -1.45. The number of halogens is 1. The van der Waals surface area contributed by atoms with Crippen molar-refractivity contribution in [2.45, 2.75) is 86.7 Å². The molecule has 25 heavy (non-hydrogen) atoms. The highest BCUT2D eigenvalue weighted by molar-refractivity contribution is 5.98. The van der Waals surface area contributed by atoms with E-state index >= 15 is 0 Å². The van der Waals surface area contributed by atoms with Crippen LogP contribution in [-0.4, -0.2) is 24.3 Å². The van der Waals surface area contributed by atoms with E-state index in [9.17, 15) is 14.0 Å². The summed E-state index contributed by atoms with van der Waals surface area (Å²) in [5.41, 5.74) is 3.52. The summed E-state index contributed by atoms with van der Waals surface area (Å²) in [6, 6.07) is 0. The number of Topliss-reactive ketones (excluding diaryl/α,β-unsaturated/α-hetero) is 2. The third-order valence-electron chi connectivity index (χ3n) is 4.76. The summed E-state index contributed by atoms with van der Waals surface area (Å²) in [7, 11) is 0. The summed E-state index contributed by atoms with van der Waals surface area (Å²) in [6.07, 6.45) is 2.22. The Morgan fingerprint density at radius 3 is 2.04 bits per heavy atom. The molecule has 0 aromatic rings. The van der Waals surface area contributed by atoms with Crippen LogP contribution in [0.5, 0.6) is 0 Å². The monoisotopic (exact) mass is 353 g/mol. The van der Waals surface area contributed by atoms with E-state index in [0.717, 1.165) is 35.3 Å². The Morgan fingerprint density at radius 2 is 1.64 bits per heavy atom. The molecule has 2 unspecified atom stereocenters. The standard InChI is InChI=1S/C21H36FNO2/c1-8-14(4)20(25)13-23-19(12-11-16(6)22)18(10-3)21(17(7)24)15(5)9-2/h14,16,23H,8-13H2,1-7H3/b19-18-,21-15?. The van der Waals surface area contributed by atoms with Crippen molar-refractivity contribution in [3.8, 4) is 0 Å². The van der Waals surface area contributed by atoms with Gasteiger partial charge >= 0.3 is 0 Å². The predicted molar refractivity (Wildman–Crippen MR) is 103 cm³/mol. The maximum Gasteiger partial charge on any atom is 0.160 e. The Labute approximate surface area is 153 Å². The Balaban J connectivity index is 5.80. The Morgan fingerprint density at radius 1 is 1.04 bits per heavy atom. The highest BCUT2D eigenvalue weighted by atomic mass is 19.1. The summed E-state index contributed by atoms with van der Waals surface area (Å²) < 4.78 is 13.4. The zero-order chi connectivity index (χ0) is 19.6. The average Bonchev–Trinajstić information content (AvgIpc) is 2.57. The highest BCUT2D eigenvalue weighted by Gasteiger charge is 2.18. The Bertz CT molecular complexity index is 518. The van der Waals surface area contributed by atoms with Crippen molar-refractivity contribution in [3.05, 3.63) is 22.4 Å². The van der Waals surface area contributed by atoms with Gasteiger partial charge in [0.05, 0.1) is 12.7 Å². The first-order valence-corrected chi connectivity index (χ1v) is 9.53. The number of ketones is 2. The van der Waals surface area contributed by atoms with Crippen molar-refractivity contribution in [1.82, 2.24) is 5.32 Å². The van der Waals surface area contributed by atoms with E-state index < -0.39 is 6.17 Å². The molecule has 0 bridgehead atoms. The molecule has 0 heterocycles. The minimum atomic E-state index is -0.919. The number of alkyl halides is 1. The van der Waals surface area contributed by atoms with Crippen molar-refractivity contribution in [3.63, 3.8) is 0 Å². The minimum Gasteiger partial charge on any atom is -0.381 e. The van der Waals surface area contributed by atoms with E-state index in [1.54, 1.807) is 6.92 Å². The van der Waals surface area contributed by atoms with E-state index in [0.29, 0.717) is 19.3 Å². The molecule has 3 nitrogen and oxygen atoms in total. The van der Waals surface area contributed by atoms with Gasteiger partial charge < -0.3 is 5.32 Å². The second-order valence-corrected chi connectivity index (χ2v) is 6.82. The Kier molecular flexibility index (Phi) is 11.3. The molecule has 0 aliphatic heterocycles. The van der Waals surface area contributed by atoms with Crippen molar-refractivity contribution in [1.29, 1.82) is 0 Å². The lowest BCUT2D eigenvalue weighted by atomic mass is 9.91. The van der Waals surface area contributed by atoms with Gasteiger partial charge in [0.15, 0.2) is 11.6 Å². The fraction of sp³-hybridized carbons (Fsp3) is 0.714. The molecule has 0 aromatic carbocycles. The van der Waals surface area contributed by atoms with Crippen LogP contribution < -0.4 is 5.32 Å². The maximum atomic E-state index is 13.4. The molecule has 0 aliphatic rings. The van der Waals surface area contributed by atoms with Crippen LogP contribution in [0.2, 0.25) is 0 Å². The number of carbonyl (C=O) groups excluding carboxylic acids is 2. The van der Waals surface area contributed by atoms with E-state index in [2.05, 4.69) is 5.32 Å². The molecule has 0 saturated carbocycles. The van der Waals surface area contributed by atoms with Gasteiger partial charge in [-0.1, -0.05) is 33.3 Å². The van der Waals surface area contributed by atoms with Gasteiger partial charge in [-0.2, -0.15) is 0 Å². The highest BCUT2D eigenvalue weighted by Crippen LogP contribution is 2.26. The van der Waals surface area contributed by atoms with Gasteiger partial charge in [0.1, 0.15) is 0 Å². The number of hydrogen-bond acceptors (Lipinski definition) is 3. The lowest BCUT2D eigenvalue weighted by Crippen LogP contribution is -2.28. The quantitative estimate of drug-likeness (QED) is 0.382. The topological polar surface area (TPSA) is 46.2 Å². The molecule has 0 spiro atoms. The van der Waals surface area contributed by atoms with Gasteiger partial charge in [-0.15, -0.1) is 0 Å². The number of rotatable bonds is 12. The number of carbonyl (C=O) groups is 2. The van der Waals surface area contributed by atoms with E-state index in [-0.39, 0.29) is 24.0 Å². The zero-order valence-corrected chi connectivity index (χ0v) is 17.1. The molecule has 0 radical (unpaired) electrons. The van der Waals surface area contributed by atoms with E-state index in [1.165, 1.54) is 6.92 Å². The van der Waals surface area contributed by atoms with E-state index in [4.69, 9.17) is 0 Å². The first kappa shape index (κ1) is 23.5. The summed E-state index contributed by atoms with van der Waals surface area (Å²) >= 11 is 0. The largest absolute Gasteiger partial charge is 0.381 e. The third-order valence-corrected chi connectivity index (χ3v) is 4.76. The van der Waals surface area contributed by atoms with Crippen LogP contribution in [0.1, 0.15) is 80.6 Å². The van der Waals surface area contributed by atoms with Crippen molar-refractivity contribution in [2.24, 2.45) is 5.92 Å². The molecule has 0 fully saturated rings. The number of hydrogen-bond donors (Lipinski definition) is 1. The zero-order valence-electron chi connectivity index (χ0n) is 17.1. The molecule has 144 valence electrons. The number of allylic oxidation sites excluding steroid dienone is 4. The molecule has 0 amide bonds. The van der Waals surface area contributed by atoms with Gasteiger partial charge in [0, 0.05) is 17.2 Å². The molecule has 4 heteroatoms. The third kappa shape index (κ3) is 7.98. The lowest BCUT2D eigenvalue weighted by molar-refractivity contribution is -0.121. The van der Waals surface area contributed by atoms with Crippen molar-refractivity contribution in [2.75, 3.05) is 6.54 Å². The van der Waals surface area contributed by atoms with Crippen LogP contribution in [0.3, 0.4) is 0 Å². The summed E-state index contributed by atoms with van der Waals surface area (Å²) in [4.78, 5) is 24.4. The molecule has 2 atom stereocenters. The van der Waals surface area contributed by atoms with Crippen LogP contribution in [-0.2, 0) is 9.59 Å². The van der Waals surface area contributed by atoms with Crippen LogP contribution in [0.15, 0.2) is 22.4 Å². The molecule has 0 rings (SSSR count). The lowest BCUT2D eigenvalue weighted by Gasteiger charge is -2.20. The summed E-state index contributed by atoms with van der Waals surface area (Å²) in [5, 5.41) is 3.23. The van der Waals surface area contributed by atoms with Gasteiger partial charge in [0.2, 0.25) is 0 Å². The SMILES string of the molecule is CCC(C)=C(C(C)=O)/C(CC)=C(/CCC(C)F)NCC(=O)C(C)CC. The molecular formula is C21H36FNO2. The van der Waals surface area contributed by atoms with Crippen LogP contribution in [0.25, 0.3) is 0 Å². The van der Waals surface area contributed by atoms with Crippen molar-refractivity contribution < 1.29 is 14.0 Å². The van der Waals surface area contributed by atoms with Gasteiger partial charge in [0.25, 0.3) is 0 Å². The van der Waals surface area contributed by atoms with Crippen LogP contribution in [0.4, 0.5) is 4.39 Å². The van der Waals surface area contributed by atoms with Gasteiger partial charge in [-0.25, -0.2) is 4.39 Å². The average molecular weight is 354 g/mol. The second-order valence-electron chi connectivity index (χ2n) is 6.82. The predicted octanol–water partition coefficient (Wildman–Crippen LogP) is 5.31.